The van der Waals surface area contributed by atoms with Crippen LogP contribution in [0.2, 0.25) is 0 Å². The molecule has 0 aliphatic carbocycles. The molecule has 2 rings (SSSR count). The van der Waals surface area contributed by atoms with E-state index in [1.807, 2.05) is 6.92 Å². The van der Waals surface area contributed by atoms with E-state index in [0.29, 0.717) is 12.3 Å². The molecule has 0 atom stereocenters. The minimum Gasteiger partial charge on any atom is -0.409 e. The van der Waals surface area contributed by atoms with Crippen LogP contribution in [0.25, 0.3) is 11.0 Å². The molecule has 0 bridgehead atoms. The van der Waals surface area contributed by atoms with Crippen LogP contribution in [0.1, 0.15) is 32.4 Å². The highest BCUT2D eigenvalue weighted by Gasteiger charge is 2.13. The Morgan fingerprint density at radius 2 is 2.16 bits per heavy atom. The number of halogens is 1. The van der Waals surface area contributed by atoms with E-state index in [1.165, 1.54) is 11.1 Å². The van der Waals surface area contributed by atoms with Crippen LogP contribution in [0.5, 0.6) is 0 Å². The maximum atomic E-state index is 12.0. The highest BCUT2D eigenvalue weighted by Crippen LogP contribution is 2.19. The number of fused-ring (bicyclic) bond motifs is 1. The summed E-state index contributed by atoms with van der Waals surface area (Å²) in [4.78, 5) is 26.1. The Labute approximate surface area is 125 Å². The van der Waals surface area contributed by atoms with Crippen LogP contribution in [0.3, 0.4) is 0 Å². The summed E-state index contributed by atoms with van der Waals surface area (Å²) in [5.41, 5.74) is 1.30. The quantitative estimate of drug-likeness (QED) is 0.596. The Bertz CT molecular complexity index is 640. The van der Waals surface area contributed by atoms with Gasteiger partial charge < -0.3 is 4.84 Å². The summed E-state index contributed by atoms with van der Waals surface area (Å²) in [5, 5.41) is 0.904. The number of aromatic nitrogens is 3. The molecule has 0 radical (unpaired) electrons. The normalized spacial score (nSPS) is 10.9. The molecule has 0 saturated heterocycles. The van der Waals surface area contributed by atoms with Crippen LogP contribution in [-0.2, 0) is 6.42 Å². The fourth-order valence-corrected chi connectivity index (χ4v) is 2.67. The highest BCUT2D eigenvalue weighted by atomic mass is 127. The second-order valence-corrected chi connectivity index (χ2v) is 5.35. The summed E-state index contributed by atoms with van der Waals surface area (Å²) in [6.45, 7) is 4.62. The number of unbranched alkanes of at least 4 members (excludes halogenated alkanes) is 1. The van der Waals surface area contributed by atoms with Crippen LogP contribution >= 0.6 is 22.6 Å². The van der Waals surface area contributed by atoms with Gasteiger partial charge in [-0.2, -0.15) is 0 Å². The number of hydrogen-bond donors (Lipinski definition) is 0. The van der Waals surface area contributed by atoms with Crippen molar-refractivity contribution in [1.29, 1.82) is 0 Å². The number of pyridine rings is 1. The van der Waals surface area contributed by atoms with Crippen molar-refractivity contribution in [3.63, 3.8) is 0 Å². The van der Waals surface area contributed by atoms with E-state index in [1.54, 1.807) is 6.07 Å². The fraction of sp³-hybridized carbons (Fsp3) is 0.462. The molecule has 2 heterocycles. The summed E-state index contributed by atoms with van der Waals surface area (Å²) in [6.07, 6.45) is 4.20. The van der Waals surface area contributed by atoms with Crippen molar-refractivity contribution in [1.82, 2.24) is 14.7 Å². The van der Waals surface area contributed by atoms with E-state index in [0.717, 1.165) is 33.9 Å². The maximum Gasteiger partial charge on any atom is 0.286 e. The van der Waals surface area contributed by atoms with Crippen molar-refractivity contribution in [2.75, 3.05) is 6.61 Å². The van der Waals surface area contributed by atoms with E-state index in [2.05, 4.69) is 39.5 Å². The Balaban J connectivity index is 2.60. The van der Waals surface area contributed by atoms with Crippen molar-refractivity contribution in [3.8, 4) is 0 Å². The minimum atomic E-state index is -0.186. The van der Waals surface area contributed by atoms with Crippen LogP contribution in [0.4, 0.5) is 0 Å². The predicted octanol–water partition coefficient (Wildman–Crippen LogP) is 2.19. The van der Waals surface area contributed by atoms with Gasteiger partial charge in [-0.3, -0.25) is 4.79 Å². The Hall–Kier alpha value is -1.18. The molecule has 0 saturated carbocycles. The zero-order valence-corrected chi connectivity index (χ0v) is 13.2. The molecule has 0 amide bonds. The zero-order valence-electron chi connectivity index (χ0n) is 11.0. The molecular formula is C13H16IN3O2. The molecule has 0 unspecified atom stereocenters. The fourth-order valence-electron chi connectivity index (χ4n) is 1.85. The largest absolute Gasteiger partial charge is 0.409 e. The molecule has 2 aromatic heterocycles. The summed E-state index contributed by atoms with van der Waals surface area (Å²) in [7, 11) is 0. The number of hydrogen-bond acceptors (Lipinski definition) is 4. The molecule has 2 aromatic rings. The monoisotopic (exact) mass is 373 g/mol. The molecule has 102 valence electrons. The molecular weight excluding hydrogens is 357 g/mol. The molecule has 5 nitrogen and oxygen atoms in total. The van der Waals surface area contributed by atoms with Crippen molar-refractivity contribution in [2.24, 2.45) is 0 Å². The van der Waals surface area contributed by atoms with Gasteiger partial charge in [0.1, 0.15) is 12.9 Å². The van der Waals surface area contributed by atoms with Crippen LogP contribution < -0.4 is 10.4 Å². The first-order valence-corrected chi connectivity index (χ1v) is 7.45. The zero-order chi connectivity index (χ0) is 13.8. The minimum absolute atomic E-state index is 0.186. The average molecular weight is 373 g/mol. The van der Waals surface area contributed by atoms with Crippen molar-refractivity contribution < 1.29 is 4.84 Å². The Kier molecular flexibility index (Phi) is 4.73. The lowest BCUT2D eigenvalue weighted by Crippen LogP contribution is -2.28. The van der Waals surface area contributed by atoms with Crippen LogP contribution in [-0.4, -0.2) is 21.3 Å². The van der Waals surface area contributed by atoms with E-state index < -0.39 is 0 Å². The lowest BCUT2D eigenvalue weighted by Gasteiger charge is -2.12. The van der Waals surface area contributed by atoms with Gasteiger partial charge in [0.2, 0.25) is 0 Å². The molecule has 0 fully saturated rings. The molecule has 0 aliphatic rings. The molecule has 0 spiro atoms. The first-order chi connectivity index (χ1) is 9.19. The van der Waals surface area contributed by atoms with Gasteiger partial charge in [-0.1, -0.05) is 20.3 Å². The van der Waals surface area contributed by atoms with E-state index in [4.69, 9.17) is 4.84 Å². The van der Waals surface area contributed by atoms with E-state index in [9.17, 15) is 4.79 Å². The van der Waals surface area contributed by atoms with Crippen molar-refractivity contribution in [3.05, 3.63) is 32.0 Å². The second-order valence-electron chi connectivity index (χ2n) is 4.18. The summed E-state index contributed by atoms with van der Waals surface area (Å²) in [5.74, 6) is 0. The van der Waals surface area contributed by atoms with E-state index >= 15 is 0 Å². The van der Waals surface area contributed by atoms with Crippen LogP contribution in [0.15, 0.2) is 17.2 Å². The third kappa shape index (κ3) is 2.88. The SMILES string of the molecule is CCCCOn1c(=O)cc(I)c2c(CC)ncnc21. The second kappa shape index (κ2) is 6.31. The van der Waals surface area contributed by atoms with Gasteiger partial charge in [-0.05, 0) is 35.4 Å². The van der Waals surface area contributed by atoms with Gasteiger partial charge in [-0.25, -0.2) is 9.97 Å². The first kappa shape index (κ1) is 14.2. The number of rotatable bonds is 5. The Morgan fingerprint density at radius 3 is 2.84 bits per heavy atom. The summed E-state index contributed by atoms with van der Waals surface area (Å²) in [6, 6.07) is 1.57. The molecule has 6 heteroatoms. The van der Waals surface area contributed by atoms with Crippen molar-refractivity contribution in [2.45, 2.75) is 33.1 Å². The smallest absolute Gasteiger partial charge is 0.286 e. The van der Waals surface area contributed by atoms with Gasteiger partial charge in [0.05, 0.1) is 11.1 Å². The number of nitrogens with zero attached hydrogens (tertiary/aromatic N) is 3. The molecule has 0 N–H and O–H groups in total. The average Bonchev–Trinajstić information content (AvgIpc) is 2.41. The molecule has 0 aliphatic heterocycles. The third-order valence-corrected chi connectivity index (χ3v) is 3.69. The van der Waals surface area contributed by atoms with Crippen molar-refractivity contribution >= 4 is 33.6 Å². The molecule has 0 aromatic carbocycles. The van der Waals surface area contributed by atoms with Gasteiger partial charge in [0, 0.05) is 9.64 Å². The third-order valence-electron chi connectivity index (χ3n) is 2.84. The summed E-state index contributed by atoms with van der Waals surface area (Å²) < 4.78 is 2.15. The highest BCUT2D eigenvalue weighted by molar-refractivity contribution is 14.1. The number of aryl methyl sites for hydroxylation is 1. The van der Waals surface area contributed by atoms with Crippen LogP contribution in [0, 0.1) is 3.57 Å². The standard InChI is InChI=1S/C13H16IN3O2/c1-3-5-6-19-17-11(18)7-9(14)12-10(4-2)15-8-16-13(12)17/h7-8H,3-6H2,1-2H3. The lowest BCUT2D eigenvalue weighted by atomic mass is 10.2. The molecule has 19 heavy (non-hydrogen) atoms. The van der Waals surface area contributed by atoms with Gasteiger partial charge in [0.25, 0.3) is 5.56 Å². The van der Waals surface area contributed by atoms with Gasteiger partial charge in [-0.15, -0.1) is 4.73 Å². The first-order valence-electron chi connectivity index (χ1n) is 6.37. The Morgan fingerprint density at radius 1 is 1.37 bits per heavy atom. The van der Waals surface area contributed by atoms with Gasteiger partial charge >= 0.3 is 0 Å². The maximum absolute atomic E-state index is 12.0. The predicted molar refractivity (Wildman–Crippen MR) is 82.2 cm³/mol. The lowest BCUT2D eigenvalue weighted by molar-refractivity contribution is 0.108. The van der Waals surface area contributed by atoms with Gasteiger partial charge in [0.15, 0.2) is 5.65 Å². The topological polar surface area (TPSA) is 57.0 Å². The van der Waals surface area contributed by atoms with E-state index in [-0.39, 0.29) is 5.56 Å². The summed E-state index contributed by atoms with van der Waals surface area (Å²) >= 11 is 2.15.